The molecule has 0 fully saturated rings. The summed E-state index contributed by atoms with van der Waals surface area (Å²) >= 11 is 1.53. The molecule has 3 heterocycles. The van der Waals surface area contributed by atoms with Crippen molar-refractivity contribution in [2.45, 2.75) is 6.54 Å². The number of nitrogens with one attached hydrogen (secondary N) is 3. The highest BCUT2D eigenvalue weighted by molar-refractivity contribution is 8.07. The Balaban J connectivity index is 1.42. The van der Waals surface area contributed by atoms with E-state index in [1.54, 1.807) is 0 Å². The summed E-state index contributed by atoms with van der Waals surface area (Å²) < 4.78 is 0. The fourth-order valence-corrected chi connectivity index (χ4v) is 3.59. The normalized spacial score (nSPS) is 17.2. The molecule has 0 radical (unpaired) electrons. The fraction of sp³-hybridized carbons (Fsp3) is 0.188. The number of nitrogens with zero attached hydrogens (tertiary/aromatic N) is 1. The van der Waals surface area contributed by atoms with Gasteiger partial charge in [-0.15, -0.1) is 0 Å². The molecule has 112 valence electrons. The fourth-order valence-electron chi connectivity index (χ4n) is 2.62. The van der Waals surface area contributed by atoms with E-state index >= 15 is 0 Å². The van der Waals surface area contributed by atoms with Crippen LogP contribution >= 0.6 is 11.8 Å². The highest BCUT2D eigenvalue weighted by Gasteiger charge is 2.25. The summed E-state index contributed by atoms with van der Waals surface area (Å²) in [5, 5.41) is 8.54. The van der Waals surface area contributed by atoms with E-state index in [-0.39, 0.29) is 5.91 Å². The summed E-state index contributed by atoms with van der Waals surface area (Å²) in [5.74, 6) is -0.0190. The molecule has 0 aliphatic carbocycles. The molecule has 0 bridgehead atoms. The molecule has 1 aromatic carbocycles. The predicted molar refractivity (Wildman–Crippen MR) is 88.6 cm³/mol. The van der Waals surface area contributed by atoms with Crippen LogP contribution < -0.4 is 10.6 Å². The SMILES string of the molecule is O=C(NCc1ccc2[nH]ccc2c1)C1=CN2CNCC=C2S1. The van der Waals surface area contributed by atoms with E-state index in [9.17, 15) is 4.79 Å². The molecule has 1 aromatic heterocycles. The average molecular weight is 312 g/mol. The van der Waals surface area contributed by atoms with Crippen molar-refractivity contribution in [2.75, 3.05) is 13.2 Å². The number of aromatic amines is 1. The van der Waals surface area contributed by atoms with Gasteiger partial charge in [0.2, 0.25) is 0 Å². The number of fused-ring (bicyclic) bond motifs is 2. The number of rotatable bonds is 3. The van der Waals surface area contributed by atoms with Gasteiger partial charge in [0, 0.05) is 31.0 Å². The maximum atomic E-state index is 12.3. The number of aromatic nitrogens is 1. The van der Waals surface area contributed by atoms with Gasteiger partial charge in [-0.25, -0.2) is 0 Å². The lowest BCUT2D eigenvalue weighted by Gasteiger charge is -2.21. The van der Waals surface area contributed by atoms with Gasteiger partial charge in [0.15, 0.2) is 0 Å². The number of benzene rings is 1. The molecule has 4 rings (SSSR count). The first-order chi connectivity index (χ1) is 10.8. The minimum atomic E-state index is -0.0190. The van der Waals surface area contributed by atoms with Crippen LogP contribution in [0.2, 0.25) is 0 Å². The Labute approximate surface area is 132 Å². The van der Waals surface area contributed by atoms with Gasteiger partial charge >= 0.3 is 0 Å². The molecule has 0 unspecified atom stereocenters. The molecule has 0 saturated carbocycles. The zero-order chi connectivity index (χ0) is 14.9. The maximum Gasteiger partial charge on any atom is 0.259 e. The highest BCUT2D eigenvalue weighted by atomic mass is 32.2. The third-order valence-electron chi connectivity index (χ3n) is 3.77. The molecule has 2 aliphatic rings. The van der Waals surface area contributed by atoms with Crippen molar-refractivity contribution in [1.82, 2.24) is 20.5 Å². The monoisotopic (exact) mass is 312 g/mol. The highest BCUT2D eigenvalue weighted by Crippen LogP contribution is 2.36. The molecule has 6 heteroatoms. The van der Waals surface area contributed by atoms with Crippen molar-refractivity contribution in [3.8, 4) is 0 Å². The molecule has 2 aliphatic heterocycles. The molecule has 5 nitrogen and oxygen atoms in total. The van der Waals surface area contributed by atoms with Crippen LogP contribution in [-0.2, 0) is 11.3 Å². The smallest absolute Gasteiger partial charge is 0.259 e. The molecular formula is C16H16N4OS. The van der Waals surface area contributed by atoms with Gasteiger partial charge in [-0.3, -0.25) is 10.1 Å². The molecule has 0 saturated heterocycles. The van der Waals surface area contributed by atoms with Crippen molar-refractivity contribution in [3.63, 3.8) is 0 Å². The van der Waals surface area contributed by atoms with Crippen LogP contribution in [0.25, 0.3) is 10.9 Å². The zero-order valence-electron chi connectivity index (χ0n) is 11.9. The van der Waals surface area contributed by atoms with Gasteiger partial charge < -0.3 is 15.2 Å². The largest absolute Gasteiger partial charge is 0.361 e. The number of H-pyrrole nitrogens is 1. The number of hydrogen-bond donors (Lipinski definition) is 3. The van der Waals surface area contributed by atoms with Crippen LogP contribution in [0.3, 0.4) is 0 Å². The molecule has 22 heavy (non-hydrogen) atoms. The molecular weight excluding hydrogens is 296 g/mol. The van der Waals surface area contributed by atoms with Crippen LogP contribution in [0.1, 0.15) is 5.56 Å². The van der Waals surface area contributed by atoms with Crippen molar-refractivity contribution in [2.24, 2.45) is 0 Å². The predicted octanol–water partition coefficient (Wildman–Crippen LogP) is 2.08. The molecule has 0 spiro atoms. The van der Waals surface area contributed by atoms with Crippen molar-refractivity contribution in [1.29, 1.82) is 0 Å². The van der Waals surface area contributed by atoms with Crippen LogP contribution in [0.4, 0.5) is 0 Å². The molecule has 2 aromatic rings. The molecule has 0 atom stereocenters. The van der Waals surface area contributed by atoms with Crippen LogP contribution in [0.15, 0.2) is 52.7 Å². The van der Waals surface area contributed by atoms with E-state index in [1.807, 2.05) is 30.6 Å². The van der Waals surface area contributed by atoms with E-state index in [4.69, 9.17) is 0 Å². The number of hydrogen-bond acceptors (Lipinski definition) is 4. The van der Waals surface area contributed by atoms with Crippen molar-refractivity contribution < 1.29 is 4.79 Å². The Morgan fingerprint density at radius 2 is 2.32 bits per heavy atom. The second kappa shape index (κ2) is 5.55. The summed E-state index contributed by atoms with van der Waals surface area (Å²) in [5.41, 5.74) is 2.21. The van der Waals surface area contributed by atoms with E-state index in [0.29, 0.717) is 6.54 Å². The van der Waals surface area contributed by atoms with Gasteiger partial charge in [-0.2, -0.15) is 0 Å². The quantitative estimate of drug-likeness (QED) is 0.812. The second-order valence-electron chi connectivity index (χ2n) is 5.30. The minimum Gasteiger partial charge on any atom is -0.361 e. The Morgan fingerprint density at radius 3 is 3.23 bits per heavy atom. The van der Waals surface area contributed by atoms with E-state index in [2.05, 4.69) is 32.7 Å². The van der Waals surface area contributed by atoms with Crippen molar-refractivity contribution >= 4 is 28.6 Å². The Kier molecular flexibility index (Phi) is 3.40. The Bertz CT molecular complexity index is 792. The van der Waals surface area contributed by atoms with Gasteiger partial charge in [-0.05, 0) is 35.2 Å². The van der Waals surface area contributed by atoms with E-state index < -0.39 is 0 Å². The van der Waals surface area contributed by atoms with E-state index in [1.165, 1.54) is 11.8 Å². The average Bonchev–Trinajstić information content (AvgIpc) is 3.18. The third kappa shape index (κ3) is 2.51. The Hall–Kier alpha value is -2.18. The summed E-state index contributed by atoms with van der Waals surface area (Å²) in [6.07, 6.45) is 5.93. The first-order valence-corrected chi connectivity index (χ1v) is 8.03. The third-order valence-corrected chi connectivity index (χ3v) is 4.89. The van der Waals surface area contributed by atoms with Crippen LogP contribution in [-0.4, -0.2) is 29.0 Å². The van der Waals surface area contributed by atoms with Crippen molar-refractivity contribution in [3.05, 3.63) is 58.2 Å². The maximum absolute atomic E-state index is 12.3. The lowest BCUT2D eigenvalue weighted by molar-refractivity contribution is -0.117. The summed E-state index contributed by atoms with van der Waals surface area (Å²) in [6.45, 7) is 2.16. The second-order valence-corrected chi connectivity index (χ2v) is 6.36. The summed E-state index contributed by atoms with van der Waals surface area (Å²) in [6, 6.07) is 8.20. The van der Waals surface area contributed by atoms with Gasteiger partial charge in [0.05, 0.1) is 16.6 Å². The Morgan fingerprint density at radius 1 is 1.36 bits per heavy atom. The van der Waals surface area contributed by atoms with Gasteiger partial charge in [0.25, 0.3) is 5.91 Å². The summed E-state index contributed by atoms with van der Waals surface area (Å²) in [7, 11) is 0. The zero-order valence-corrected chi connectivity index (χ0v) is 12.7. The number of carbonyl (C=O) groups excluding carboxylic acids is 1. The topological polar surface area (TPSA) is 60.2 Å². The van der Waals surface area contributed by atoms with Crippen LogP contribution in [0, 0.1) is 0 Å². The first kappa shape index (κ1) is 13.5. The van der Waals surface area contributed by atoms with Gasteiger partial charge in [0.1, 0.15) is 0 Å². The summed E-state index contributed by atoms with van der Waals surface area (Å²) in [4.78, 5) is 18.3. The minimum absolute atomic E-state index is 0.0190. The number of thioether (sulfide) groups is 1. The van der Waals surface area contributed by atoms with Crippen LogP contribution in [0.5, 0.6) is 0 Å². The lowest BCUT2D eigenvalue weighted by atomic mass is 10.1. The number of carbonyl (C=O) groups is 1. The van der Waals surface area contributed by atoms with Gasteiger partial charge in [-0.1, -0.05) is 17.8 Å². The standard InChI is InChI=1S/C16H16N4OS/c21-16(14-9-20-10-17-5-4-15(20)22-14)19-8-11-1-2-13-12(7-11)3-6-18-13/h1-4,6-7,9,17-18H,5,8,10H2,(H,19,21). The first-order valence-electron chi connectivity index (χ1n) is 7.21. The van der Waals surface area contributed by atoms with E-state index in [0.717, 1.165) is 39.6 Å². The number of amides is 1. The molecule has 1 amide bonds. The lowest BCUT2D eigenvalue weighted by Crippen LogP contribution is -2.32. The molecule has 3 N–H and O–H groups in total.